The molecule has 80 valence electrons. The summed E-state index contributed by atoms with van der Waals surface area (Å²) in [4.78, 5) is 5.53. The monoisotopic (exact) mass is 213 g/mol. The average Bonchev–Trinajstić information content (AvgIpc) is 2.33. The van der Waals surface area contributed by atoms with Crippen molar-refractivity contribution in [3.8, 4) is 0 Å². The van der Waals surface area contributed by atoms with Crippen LogP contribution in [0.15, 0.2) is 61.3 Å². The van der Waals surface area contributed by atoms with Crippen molar-refractivity contribution < 1.29 is 9.57 Å². The number of hydrogen-bond donors (Lipinski definition) is 1. The Morgan fingerprint density at radius 1 is 1.06 bits per heavy atom. The van der Waals surface area contributed by atoms with E-state index in [4.69, 9.17) is 10.6 Å². The molecule has 0 fully saturated rings. The van der Waals surface area contributed by atoms with Crippen molar-refractivity contribution in [2.24, 2.45) is 0 Å². The van der Waals surface area contributed by atoms with Crippen molar-refractivity contribution in [2.75, 3.05) is 5.73 Å². The smallest absolute Gasteiger partial charge is 0.296 e. The molecule has 0 amide bonds. The molecule has 0 aliphatic carbocycles. The molecule has 2 rings (SSSR count). The second kappa shape index (κ2) is 4.49. The minimum atomic E-state index is 0.527. The van der Waals surface area contributed by atoms with Gasteiger partial charge < -0.3 is 0 Å². The molecule has 1 aromatic heterocycles. The molecular formula is C13H13N2O+. The number of pyridine rings is 1. The van der Waals surface area contributed by atoms with Crippen LogP contribution in [0.5, 0.6) is 0 Å². The molecule has 16 heavy (non-hydrogen) atoms. The maximum Gasteiger partial charge on any atom is 0.312 e. The van der Waals surface area contributed by atoms with Crippen molar-refractivity contribution in [2.45, 2.75) is 0 Å². The fraction of sp³-hybridized carbons (Fsp3) is 0. The molecule has 0 spiro atoms. The van der Waals surface area contributed by atoms with Gasteiger partial charge in [-0.2, -0.15) is 0 Å². The van der Waals surface area contributed by atoms with Crippen LogP contribution in [-0.4, -0.2) is 0 Å². The molecule has 0 bridgehead atoms. The molecule has 0 atom stereocenters. The van der Waals surface area contributed by atoms with E-state index in [-0.39, 0.29) is 0 Å². The van der Waals surface area contributed by atoms with Crippen LogP contribution in [0.2, 0.25) is 0 Å². The highest BCUT2D eigenvalue weighted by Crippen LogP contribution is 2.08. The average molecular weight is 213 g/mol. The van der Waals surface area contributed by atoms with Crippen LogP contribution in [0.1, 0.15) is 5.56 Å². The lowest BCUT2D eigenvalue weighted by molar-refractivity contribution is -0.859. The van der Waals surface area contributed by atoms with Gasteiger partial charge >= 0.3 is 5.82 Å². The maximum absolute atomic E-state index is 5.74. The lowest BCUT2D eigenvalue weighted by atomic mass is 10.2. The van der Waals surface area contributed by atoms with Crippen molar-refractivity contribution in [3.63, 3.8) is 0 Å². The third-order valence-corrected chi connectivity index (χ3v) is 2.16. The van der Waals surface area contributed by atoms with E-state index in [1.807, 2.05) is 42.5 Å². The Labute approximate surface area is 94.4 Å². The minimum Gasteiger partial charge on any atom is -0.296 e. The molecule has 0 aliphatic rings. The zero-order valence-corrected chi connectivity index (χ0v) is 8.84. The maximum atomic E-state index is 5.74. The molecule has 0 radical (unpaired) electrons. The summed E-state index contributed by atoms with van der Waals surface area (Å²) >= 11 is 0. The Balaban J connectivity index is 2.18. The first kappa shape index (κ1) is 10.2. The third kappa shape index (κ3) is 2.20. The van der Waals surface area contributed by atoms with E-state index in [0.29, 0.717) is 11.6 Å². The van der Waals surface area contributed by atoms with Crippen LogP contribution < -0.4 is 15.3 Å². The number of nitrogens with zero attached hydrogens (tertiary/aromatic N) is 1. The van der Waals surface area contributed by atoms with E-state index in [9.17, 15) is 0 Å². The quantitative estimate of drug-likeness (QED) is 0.622. The van der Waals surface area contributed by atoms with Crippen LogP contribution in [0.4, 0.5) is 5.82 Å². The Bertz CT molecular complexity index is 494. The van der Waals surface area contributed by atoms with Crippen molar-refractivity contribution in [3.05, 3.63) is 66.9 Å². The largest absolute Gasteiger partial charge is 0.312 e. The molecule has 2 aromatic rings. The summed E-state index contributed by atoms with van der Waals surface area (Å²) in [7, 11) is 0. The summed E-state index contributed by atoms with van der Waals surface area (Å²) < 4.78 is 1.48. The number of rotatable bonds is 3. The van der Waals surface area contributed by atoms with Gasteiger partial charge in [0.1, 0.15) is 6.20 Å². The van der Waals surface area contributed by atoms with E-state index in [0.717, 1.165) is 5.56 Å². The van der Waals surface area contributed by atoms with Gasteiger partial charge in [-0.3, -0.25) is 10.6 Å². The number of nitrogen functional groups attached to an aromatic ring is 1. The summed E-state index contributed by atoms with van der Waals surface area (Å²) in [5.74, 6) is 1.09. The molecule has 0 saturated carbocycles. The number of nitrogens with two attached hydrogens (primary N) is 1. The van der Waals surface area contributed by atoms with E-state index < -0.39 is 0 Å². The molecule has 1 aromatic carbocycles. The molecule has 0 saturated heterocycles. The molecule has 1 heterocycles. The van der Waals surface area contributed by atoms with Gasteiger partial charge in [0.25, 0.3) is 0 Å². The van der Waals surface area contributed by atoms with Crippen molar-refractivity contribution >= 4 is 11.6 Å². The van der Waals surface area contributed by atoms with Crippen LogP contribution in [0, 0.1) is 0 Å². The van der Waals surface area contributed by atoms with Crippen LogP contribution in [0.3, 0.4) is 0 Å². The summed E-state index contributed by atoms with van der Waals surface area (Å²) in [5.41, 5.74) is 6.67. The highest BCUT2D eigenvalue weighted by atomic mass is 16.7. The van der Waals surface area contributed by atoms with Gasteiger partial charge in [0, 0.05) is 11.6 Å². The van der Waals surface area contributed by atoms with E-state index in [1.165, 1.54) is 4.73 Å². The Morgan fingerprint density at radius 2 is 1.75 bits per heavy atom. The number of benzene rings is 1. The summed E-state index contributed by atoms with van der Waals surface area (Å²) in [6.45, 7) is 3.86. The first-order valence-electron chi connectivity index (χ1n) is 4.96. The Kier molecular flexibility index (Phi) is 2.87. The first-order valence-corrected chi connectivity index (χ1v) is 4.96. The van der Waals surface area contributed by atoms with Crippen molar-refractivity contribution in [1.82, 2.24) is 0 Å². The third-order valence-electron chi connectivity index (χ3n) is 2.16. The van der Waals surface area contributed by atoms with Crippen LogP contribution >= 0.6 is 0 Å². The second-order valence-corrected chi connectivity index (χ2v) is 3.33. The van der Waals surface area contributed by atoms with Gasteiger partial charge in [-0.15, -0.1) is 0 Å². The van der Waals surface area contributed by atoms with E-state index in [1.54, 1.807) is 12.3 Å². The van der Waals surface area contributed by atoms with Gasteiger partial charge in [0.2, 0.25) is 0 Å². The second-order valence-electron chi connectivity index (χ2n) is 3.33. The van der Waals surface area contributed by atoms with Gasteiger partial charge in [-0.25, -0.2) is 0 Å². The summed E-state index contributed by atoms with van der Waals surface area (Å²) in [6, 6.07) is 15.1. The fourth-order valence-electron chi connectivity index (χ4n) is 1.32. The van der Waals surface area contributed by atoms with E-state index in [2.05, 4.69) is 6.58 Å². The molecule has 3 heteroatoms. The lowest BCUT2D eigenvalue weighted by Gasteiger charge is -2.06. The van der Waals surface area contributed by atoms with Crippen molar-refractivity contribution in [1.29, 1.82) is 0 Å². The fourth-order valence-corrected chi connectivity index (χ4v) is 1.32. The minimum absolute atomic E-state index is 0.527. The Morgan fingerprint density at radius 3 is 2.44 bits per heavy atom. The molecule has 2 N–H and O–H groups in total. The zero-order chi connectivity index (χ0) is 11.4. The molecular weight excluding hydrogens is 200 g/mol. The van der Waals surface area contributed by atoms with Crippen LogP contribution in [0.25, 0.3) is 5.76 Å². The highest BCUT2D eigenvalue weighted by molar-refractivity contribution is 5.56. The first-order chi connectivity index (χ1) is 7.77. The van der Waals surface area contributed by atoms with Gasteiger partial charge in [0.05, 0.1) is 0 Å². The topological polar surface area (TPSA) is 39.1 Å². The number of hydrogen-bond acceptors (Lipinski definition) is 2. The standard InChI is InChI=1S/C13H12N2O/c1-11(12-7-3-2-4-8-12)16-15-10-6-5-9-13(15)14/h2-10,14H,1H2/p+1. The zero-order valence-electron chi connectivity index (χ0n) is 8.84. The summed E-state index contributed by atoms with van der Waals surface area (Å²) in [5, 5.41) is 0. The predicted molar refractivity (Wildman–Crippen MR) is 63.1 cm³/mol. The molecule has 0 aliphatic heterocycles. The van der Waals surface area contributed by atoms with Gasteiger partial charge in [-0.05, 0) is 10.8 Å². The number of anilines is 1. The van der Waals surface area contributed by atoms with E-state index >= 15 is 0 Å². The normalized spacial score (nSPS) is 9.75. The predicted octanol–water partition coefficient (Wildman–Crippen LogP) is 1.66. The number of aromatic nitrogens is 1. The highest BCUT2D eigenvalue weighted by Gasteiger charge is 2.07. The summed E-state index contributed by atoms with van der Waals surface area (Å²) in [6.07, 6.45) is 1.74. The lowest BCUT2D eigenvalue weighted by Crippen LogP contribution is -2.43. The van der Waals surface area contributed by atoms with Gasteiger partial charge in [-0.1, -0.05) is 43.0 Å². The SMILES string of the molecule is C=C(O[n+]1ccccc1N)c1ccccc1. The Hall–Kier alpha value is -2.29. The van der Waals surface area contributed by atoms with Gasteiger partial charge in [0.15, 0.2) is 5.76 Å². The molecule has 0 unspecified atom stereocenters. The molecule has 3 nitrogen and oxygen atoms in total. The van der Waals surface area contributed by atoms with Crippen LogP contribution in [-0.2, 0) is 0 Å².